The second-order valence-electron chi connectivity index (χ2n) is 5.29. The highest BCUT2D eigenvalue weighted by Gasteiger charge is 2.42. The van der Waals surface area contributed by atoms with Gasteiger partial charge in [-0.25, -0.2) is 0 Å². The van der Waals surface area contributed by atoms with Gasteiger partial charge in [0.05, 0.1) is 27.2 Å². The summed E-state index contributed by atoms with van der Waals surface area (Å²) in [5, 5.41) is 2.80. The van der Waals surface area contributed by atoms with Gasteiger partial charge in [0, 0.05) is 18.4 Å². The van der Waals surface area contributed by atoms with Crippen LogP contribution in [0.5, 0.6) is 11.5 Å². The Labute approximate surface area is 129 Å². The number of esters is 1. The van der Waals surface area contributed by atoms with Crippen molar-refractivity contribution in [2.75, 3.05) is 27.4 Å². The summed E-state index contributed by atoms with van der Waals surface area (Å²) in [6.07, 6.45) is 0.399. The van der Waals surface area contributed by atoms with Crippen molar-refractivity contribution in [3.8, 4) is 11.5 Å². The summed E-state index contributed by atoms with van der Waals surface area (Å²) in [6.45, 7) is 2.49. The maximum atomic E-state index is 11.9. The van der Waals surface area contributed by atoms with Gasteiger partial charge in [0.1, 0.15) is 0 Å². The van der Waals surface area contributed by atoms with Gasteiger partial charge < -0.3 is 19.5 Å². The number of ether oxygens (including phenoxy) is 3. The summed E-state index contributed by atoms with van der Waals surface area (Å²) in [6, 6.07) is 5.46. The molecule has 0 aromatic heterocycles. The lowest BCUT2D eigenvalue weighted by atomic mass is 9.76. The average molecular weight is 307 g/mol. The van der Waals surface area contributed by atoms with E-state index < -0.39 is 5.41 Å². The number of hydrogen-bond donors (Lipinski definition) is 1. The molecular formula is C16H21NO5. The summed E-state index contributed by atoms with van der Waals surface area (Å²) in [4.78, 5) is 23.7. The molecule has 1 N–H and O–H groups in total. The van der Waals surface area contributed by atoms with Crippen LogP contribution in [0.15, 0.2) is 18.2 Å². The van der Waals surface area contributed by atoms with Gasteiger partial charge in [-0.15, -0.1) is 0 Å². The minimum absolute atomic E-state index is 0.0703. The molecule has 1 aromatic rings. The van der Waals surface area contributed by atoms with Crippen LogP contribution in [-0.2, 0) is 19.7 Å². The van der Waals surface area contributed by atoms with Crippen molar-refractivity contribution in [1.82, 2.24) is 5.32 Å². The minimum Gasteiger partial charge on any atom is -0.493 e. The first kappa shape index (κ1) is 16.1. The zero-order chi connectivity index (χ0) is 16.2. The van der Waals surface area contributed by atoms with E-state index >= 15 is 0 Å². The molecule has 1 amide bonds. The van der Waals surface area contributed by atoms with Crippen molar-refractivity contribution >= 4 is 11.9 Å². The van der Waals surface area contributed by atoms with Crippen LogP contribution in [0.25, 0.3) is 0 Å². The average Bonchev–Trinajstić information content (AvgIpc) is 2.88. The molecule has 6 nitrogen and oxygen atoms in total. The molecule has 0 aliphatic carbocycles. The highest BCUT2D eigenvalue weighted by atomic mass is 16.5. The molecule has 1 saturated heterocycles. The number of amides is 1. The first-order chi connectivity index (χ1) is 10.5. The number of nitrogens with one attached hydrogen (secondary N) is 1. The fourth-order valence-electron chi connectivity index (χ4n) is 2.79. The van der Waals surface area contributed by atoms with E-state index in [1.807, 2.05) is 12.1 Å². The van der Waals surface area contributed by atoms with Gasteiger partial charge >= 0.3 is 5.97 Å². The maximum absolute atomic E-state index is 11.9. The van der Waals surface area contributed by atoms with E-state index in [4.69, 9.17) is 14.2 Å². The molecule has 6 heteroatoms. The Morgan fingerprint density at radius 3 is 2.55 bits per heavy atom. The van der Waals surface area contributed by atoms with Gasteiger partial charge in [-0.2, -0.15) is 0 Å². The molecule has 1 aromatic carbocycles. The van der Waals surface area contributed by atoms with E-state index in [0.717, 1.165) is 5.56 Å². The molecule has 1 unspecified atom stereocenters. The number of carbonyl (C=O) groups is 2. The highest BCUT2D eigenvalue weighted by Crippen LogP contribution is 2.39. The first-order valence-corrected chi connectivity index (χ1v) is 7.19. The van der Waals surface area contributed by atoms with Crippen LogP contribution < -0.4 is 14.8 Å². The van der Waals surface area contributed by atoms with Gasteiger partial charge in [-0.3, -0.25) is 9.59 Å². The van der Waals surface area contributed by atoms with Crippen molar-refractivity contribution < 1.29 is 23.8 Å². The fourth-order valence-corrected chi connectivity index (χ4v) is 2.79. The Morgan fingerprint density at radius 2 is 2.00 bits per heavy atom. The summed E-state index contributed by atoms with van der Waals surface area (Å²) < 4.78 is 15.6. The number of benzene rings is 1. The largest absolute Gasteiger partial charge is 0.493 e. The van der Waals surface area contributed by atoms with E-state index in [1.54, 1.807) is 27.2 Å². The Bertz CT molecular complexity index is 572. The van der Waals surface area contributed by atoms with Crippen molar-refractivity contribution in [3.63, 3.8) is 0 Å². The standard InChI is InChI=1S/C16H21NO5/c1-4-22-15(19)9-16(8-14(18)17-10-16)11-5-6-12(20-2)13(7-11)21-3/h5-7H,4,8-10H2,1-3H3,(H,17,18). The minimum atomic E-state index is -0.608. The van der Waals surface area contributed by atoms with Crippen molar-refractivity contribution in [3.05, 3.63) is 23.8 Å². The zero-order valence-corrected chi connectivity index (χ0v) is 13.1. The Kier molecular flexibility index (Phi) is 4.90. The Hall–Kier alpha value is -2.24. The highest BCUT2D eigenvalue weighted by molar-refractivity contribution is 5.83. The van der Waals surface area contributed by atoms with E-state index in [-0.39, 0.29) is 24.7 Å². The summed E-state index contributed by atoms with van der Waals surface area (Å²) in [7, 11) is 3.12. The lowest BCUT2D eigenvalue weighted by Crippen LogP contribution is -2.32. The van der Waals surface area contributed by atoms with Gasteiger partial charge in [0.15, 0.2) is 11.5 Å². The molecule has 1 atom stereocenters. The summed E-state index contributed by atoms with van der Waals surface area (Å²) in [5.41, 5.74) is 0.250. The van der Waals surface area contributed by atoms with E-state index in [9.17, 15) is 9.59 Å². The second kappa shape index (κ2) is 6.68. The number of carbonyl (C=O) groups excluding carboxylic acids is 2. The van der Waals surface area contributed by atoms with Gasteiger partial charge in [0.2, 0.25) is 5.91 Å². The van der Waals surface area contributed by atoms with Crippen LogP contribution in [-0.4, -0.2) is 39.2 Å². The Morgan fingerprint density at radius 1 is 1.27 bits per heavy atom. The lowest BCUT2D eigenvalue weighted by Gasteiger charge is -2.27. The van der Waals surface area contributed by atoms with Crippen LogP contribution in [0.1, 0.15) is 25.3 Å². The molecule has 120 valence electrons. The normalized spacial score (nSPS) is 20.4. The topological polar surface area (TPSA) is 73.9 Å². The summed E-state index contributed by atoms with van der Waals surface area (Å²) >= 11 is 0. The van der Waals surface area contributed by atoms with Crippen LogP contribution in [0, 0.1) is 0 Å². The number of rotatable bonds is 6. The fraction of sp³-hybridized carbons (Fsp3) is 0.500. The smallest absolute Gasteiger partial charge is 0.306 e. The molecule has 1 fully saturated rings. The third kappa shape index (κ3) is 3.16. The Balaban J connectivity index is 2.37. The van der Waals surface area contributed by atoms with Gasteiger partial charge in [-0.05, 0) is 24.6 Å². The maximum Gasteiger partial charge on any atom is 0.306 e. The molecule has 1 aliphatic heterocycles. The van der Waals surface area contributed by atoms with Gasteiger partial charge in [-0.1, -0.05) is 6.07 Å². The molecule has 2 rings (SSSR count). The molecular weight excluding hydrogens is 286 g/mol. The third-order valence-corrected chi connectivity index (χ3v) is 3.91. The second-order valence-corrected chi connectivity index (χ2v) is 5.29. The van der Waals surface area contributed by atoms with E-state index in [1.165, 1.54) is 0 Å². The van der Waals surface area contributed by atoms with E-state index in [0.29, 0.717) is 24.7 Å². The molecule has 0 radical (unpaired) electrons. The third-order valence-electron chi connectivity index (χ3n) is 3.91. The SMILES string of the molecule is CCOC(=O)CC1(c2ccc(OC)c(OC)c2)CNC(=O)C1. The van der Waals surface area contributed by atoms with Crippen LogP contribution in [0.3, 0.4) is 0 Å². The monoisotopic (exact) mass is 307 g/mol. The zero-order valence-electron chi connectivity index (χ0n) is 13.1. The molecule has 22 heavy (non-hydrogen) atoms. The number of methoxy groups -OCH3 is 2. The van der Waals surface area contributed by atoms with Gasteiger partial charge in [0.25, 0.3) is 0 Å². The molecule has 0 spiro atoms. The molecule has 1 heterocycles. The predicted octanol–water partition coefficient (Wildman–Crippen LogP) is 1.41. The van der Waals surface area contributed by atoms with Crippen molar-refractivity contribution in [2.24, 2.45) is 0 Å². The van der Waals surface area contributed by atoms with Crippen LogP contribution in [0.2, 0.25) is 0 Å². The van der Waals surface area contributed by atoms with Crippen LogP contribution in [0.4, 0.5) is 0 Å². The van der Waals surface area contributed by atoms with E-state index in [2.05, 4.69) is 5.32 Å². The van der Waals surface area contributed by atoms with Crippen LogP contribution >= 0.6 is 0 Å². The molecule has 1 aliphatic rings. The van der Waals surface area contributed by atoms with Crippen molar-refractivity contribution in [2.45, 2.75) is 25.2 Å². The molecule has 0 bridgehead atoms. The quantitative estimate of drug-likeness (QED) is 0.805. The lowest BCUT2D eigenvalue weighted by molar-refractivity contribution is -0.144. The summed E-state index contributed by atoms with van der Waals surface area (Å²) in [5.74, 6) is 0.797. The predicted molar refractivity (Wildman–Crippen MR) is 80.1 cm³/mol. The number of hydrogen-bond acceptors (Lipinski definition) is 5. The molecule has 0 saturated carbocycles. The first-order valence-electron chi connectivity index (χ1n) is 7.19. The van der Waals surface area contributed by atoms with Crippen molar-refractivity contribution in [1.29, 1.82) is 0 Å².